The molecule has 0 saturated heterocycles. The minimum atomic E-state index is 0.933. The first kappa shape index (κ1) is 9.78. The molecule has 1 aromatic rings. The summed E-state index contributed by atoms with van der Waals surface area (Å²) >= 11 is 0. The summed E-state index contributed by atoms with van der Waals surface area (Å²) in [5, 5.41) is 6.19. The van der Waals surface area contributed by atoms with E-state index in [9.17, 15) is 0 Å². The van der Waals surface area contributed by atoms with Crippen molar-refractivity contribution < 1.29 is 0 Å². The van der Waals surface area contributed by atoms with Crippen molar-refractivity contribution >= 4 is 6.21 Å². The Morgan fingerprint density at radius 1 is 1.38 bits per heavy atom. The van der Waals surface area contributed by atoms with Crippen molar-refractivity contribution in [1.82, 2.24) is 5.01 Å². The Labute approximate surface area is 79.9 Å². The van der Waals surface area contributed by atoms with E-state index in [0.29, 0.717) is 0 Å². The van der Waals surface area contributed by atoms with Crippen LogP contribution in [0.5, 0.6) is 0 Å². The highest BCUT2D eigenvalue weighted by Gasteiger charge is 1.92. The maximum absolute atomic E-state index is 4.28. The fraction of sp³-hybridized carbons (Fsp3) is 0.364. The van der Waals surface area contributed by atoms with Crippen molar-refractivity contribution in [3.63, 3.8) is 0 Å². The van der Waals surface area contributed by atoms with E-state index < -0.39 is 0 Å². The normalized spacial score (nSPS) is 10.7. The van der Waals surface area contributed by atoms with Crippen LogP contribution in [0.3, 0.4) is 0 Å². The van der Waals surface area contributed by atoms with Gasteiger partial charge in [0.2, 0.25) is 0 Å². The molecule has 0 aliphatic heterocycles. The lowest BCUT2D eigenvalue weighted by atomic mass is 10.1. The first-order valence-corrected chi connectivity index (χ1v) is 4.54. The molecule has 1 rings (SSSR count). The summed E-state index contributed by atoms with van der Waals surface area (Å²) < 4.78 is 0. The van der Waals surface area contributed by atoms with Gasteiger partial charge in [-0.2, -0.15) is 5.10 Å². The highest BCUT2D eigenvalue weighted by atomic mass is 15.4. The molecule has 2 heteroatoms. The maximum atomic E-state index is 4.28. The van der Waals surface area contributed by atoms with Crippen LogP contribution in [0, 0.1) is 6.92 Å². The van der Waals surface area contributed by atoms with Crippen LogP contribution in [0.4, 0.5) is 0 Å². The standard InChI is InChI=1S/C11H16N2/c1-4-13(3)12-9-11-8-6-5-7-10(11)2/h5-9H,4H2,1-3H3/b12-9+. The van der Waals surface area contributed by atoms with Gasteiger partial charge in [-0.05, 0) is 25.0 Å². The number of hydrogen-bond donors (Lipinski definition) is 0. The van der Waals surface area contributed by atoms with Gasteiger partial charge in [-0.15, -0.1) is 0 Å². The van der Waals surface area contributed by atoms with Crippen molar-refractivity contribution in [3.05, 3.63) is 35.4 Å². The zero-order chi connectivity index (χ0) is 9.68. The second-order valence-corrected chi connectivity index (χ2v) is 3.08. The third kappa shape index (κ3) is 2.90. The van der Waals surface area contributed by atoms with Crippen LogP contribution in [0.1, 0.15) is 18.1 Å². The molecule has 0 N–H and O–H groups in total. The second-order valence-electron chi connectivity index (χ2n) is 3.08. The lowest BCUT2D eigenvalue weighted by Gasteiger charge is -2.08. The number of rotatable bonds is 3. The average molecular weight is 176 g/mol. The Kier molecular flexibility index (Phi) is 3.50. The molecule has 0 bridgehead atoms. The molecular formula is C11H16N2. The van der Waals surface area contributed by atoms with Crippen LogP contribution in [0.15, 0.2) is 29.4 Å². The van der Waals surface area contributed by atoms with E-state index in [-0.39, 0.29) is 0 Å². The summed E-state index contributed by atoms with van der Waals surface area (Å²) in [6.07, 6.45) is 1.90. The Morgan fingerprint density at radius 2 is 2.08 bits per heavy atom. The summed E-state index contributed by atoms with van der Waals surface area (Å²) in [4.78, 5) is 0. The Hall–Kier alpha value is -1.31. The first-order chi connectivity index (χ1) is 6.24. The minimum absolute atomic E-state index is 0.933. The highest BCUT2D eigenvalue weighted by molar-refractivity contribution is 5.81. The average Bonchev–Trinajstić information content (AvgIpc) is 2.16. The van der Waals surface area contributed by atoms with Gasteiger partial charge in [0, 0.05) is 13.6 Å². The van der Waals surface area contributed by atoms with Gasteiger partial charge in [0.25, 0.3) is 0 Å². The van der Waals surface area contributed by atoms with Crippen LogP contribution in [0.25, 0.3) is 0 Å². The molecule has 0 amide bonds. The zero-order valence-electron chi connectivity index (χ0n) is 8.49. The molecule has 0 heterocycles. The van der Waals surface area contributed by atoms with Gasteiger partial charge in [-0.25, -0.2) is 0 Å². The number of aryl methyl sites for hydroxylation is 1. The molecule has 0 unspecified atom stereocenters. The number of benzene rings is 1. The Balaban J connectivity index is 2.74. The molecule has 13 heavy (non-hydrogen) atoms. The van der Waals surface area contributed by atoms with Crippen LogP contribution in [-0.2, 0) is 0 Å². The number of hydrazone groups is 1. The van der Waals surface area contributed by atoms with Gasteiger partial charge >= 0.3 is 0 Å². The molecule has 2 nitrogen and oxygen atoms in total. The van der Waals surface area contributed by atoms with E-state index in [1.807, 2.05) is 30.4 Å². The zero-order valence-corrected chi connectivity index (χ0v) is 8.49. The second kappa shape index (κ2) is 4.65. The van der Waals surface area contributed by atoms with Gasteiger partial charge < -0.3 is 5.01 Å². The van der Waals surface area contributed by atoms with Crippen molar-refractivity contribution in [2.75, 3.05) is 13.6 Å². The van der Waals surface area contributed by atoms with Crippen LogP contribution < -0.4 is 0 Å². The minimum Gasteiger partial charge on any atom is -0.300 e. The van der Waals surface area contributed by atoms with E-state index in [2.05, 4.69) is 31.1 Å². The van der Waals surface area contributed by atoms with Gasteiger partial charge in [0.05, 0.1) is 6.21 Å². The van der Waals surface area contributed by atoms with Gasteiger partial charge in [-0.3, -0.25) is 0 Å². The smallest absolute Gasteiger partial charge is 0.0545 e. The quantitative estimate of drug-likeness (QED) is 0.509. The SMILES string of the molecule is CCN(C)/N=C/c1ccccc1C. The summed E-state index contributed by atoms with van der Waals surface area (Å²) in [7, 11) is 1.97. The van der Waals surface area contributed by atoms with Crippen molar-refractivity contribution in [1.29, 1.82) is 0 Å². The number of nitrogens with zero attached hydrogens (tertiary/aromatic N) is 2. The molecule has 0 aliphatic rings. The topological polar surface area (TPSA) is 15.6 Å². The fourth-order valence-electron chi connectivity index (χ4n) is 0.974. The molecule has 0 radical (unpaired) electrons. The monoisotopic (exact) mass is 176 g/mol. The van der Waals surface area contributed by atoms with E-state index in [0.717, 1.165) is 6.54 Å². The van der Waals surface area contributed by atoms with Crippen LogP contribution in [-0.4, -0.2) is 24.8 Å². The van der Waals surface area contributed by atoms with Crippen LogP contribution >= 0.6 is 0 Å². The Morgan fingerprint density at radius 3 is 2.69 bits per heavy atom. The van der Waals surface area contributed by atoms with Crippen molar-refractivity contribution in [3.8, 4) is 0 Å². The van der Waals surface area contributed by atoms with E-state index in [1.165, 1.54) is 11.1 Å². The van der Waals surface area contributed by atoms with Crippen molar-refractivity contribution in [2.24, 2.45) is 5.10 Å². The lowest BCUT2D eigenvalue weighted by molar-refractivity contribution is 0.377. The first-order valence-electron chi connectivity index (χ1n) is 4.54. The molecule has 0 fully saturated rings. The third-order valence-corrected chi connectivity index (χ3v) is 2.04. The van der Waals surface area contributed by atoms with Gasteiger partial charge in [0.15, 0.2) is 0 Å². The van der Waals surface area contributed by atoms with Gasteiger partial charge in [0.1, 0.15) is 0 Å². The van der Waals surface area contributed by atoms with Crippen LogP contribution in [0.2, 0.25) is 0 Å². The highest BCUT2D eigenvalue weighted by Crippen LogP contribution is 2.03. The molecule has 0 spiro atoms. The fourth-order valence-corrected chi connectivity index (χ4v) is 0.974. The summed E-state index contributed by atoms with van der Waals surface area (Å²) in [6.45, 7) is 5.10. The number of hydrogen-bond acceptors (Lipinski definition) is 2. The Bertz CT molecular complexity index is 292. The molecule has 70 valence electrons. The third-order valence-electron chi connectivity index (χ3n) is 2.04. The van der Waals surface area contributed by atoms with E-state index >= 15 is 0 Å². The van der Waals surface area contributed by atoms with Gasteiger partial charge in [-0.1, -0.05) is 24.3 Å². The predicted molar refractivity (Wildman–Crippen MR) is 57.1 cm³/mol. The largest absolute Gasteiger partial charge is 0.300 e. The molecule has 1 aromatic carbocycles. The summed E-state index contributed by atoms with van der Waals surface area (Å²) in [5.41, 5.74) is 2.44. The lowest BCUT2D eigenvalue weighted by Crippen LogP contribution is -2.09. The molecule has 0 saturated carbocycles. The maximum Gasteiger partial charge on any atom is 0.0545 e. The molecule has 0 atom stereocenters. The van der Waals surface area contributed by atoms with Crippen molar-refractivity contribution in [2.45, 2.75) is 13.8 Å². The molecular weight excluding hydrogens is 160 g/mol. The molecule has 0 aliphatic carbocycles. The summed E-state index contributed by atoms with van der Waals surface area (Å²) in [6, 6.07) is 8.23. The predicted octanol–water partition coefficient (Wildman–Crippen LogP) is 2.28. The van der Waals surface area contributed by atoms with E-state index in [4.69, 9.17) is 0 Å². The summed E-state index contributed by atoms with van der Waals surface area (Å²) in [5.74, 6) is 0. The molecule has 0 aromatic heterocycles. The van der Waals surface area contributed by atoms with E-state index in [1.54, 1.807) is 0 Å².